The highest BCUT2D eigenvalue weighted by atomic mass is 19.1. The molecule has 0 aromatic rings. The predicted molar refractivity (Wildman–Crippen MR) is 59.8 cm³/mol. The van der Waals surface area contributed by atoms with Gasteiger partial charge in [0, 0.05) is 11.8 Å². The van der Waals surface area contributed by atoms with E-state index in [1.165, 1.54) is 6.42 Å². The number of rotatable bonds is 2. The van der Waals surface area contributed by atoms with Crippen LogP contribution in [0.3, 0.4) is 0 Å². The average molecular weight is 228 g/mol. The molecule has 0 aliphatic heterocycles. The highest BCUT2D eigenvalue weighted by Crippen LogP contribution is 2.33. The molecular formula is C13H21FO2. The van der Waals surface area contributed by atoms with Gasteiger partial charge < -0.3 is 5.11 Å². The molecule has 0 radical (unpaired) electrons. The first-order valence-corrected chi connectivity index (χ1v) is 6.54. The van der Waals surface area contributed by atoms with Gasteiger partial charge in [-0.2, -0.15) is 0 Å². The van der Waals surface area contributed by atoms with Crippen LogP contribution in [0.1, 0.15) is 51.4 Å². The minimum Gasteiger partial charge on any atom is -0.390 e. The molecule has 0 heterocycles. The molecule has 1 N–H and O–H groups in total. The van der Waals surface area contributed by atoms with Gasteiger partial charge in [-0.3, -0.25) is 4.79 Å². The second-order valence-electron chi connectivity index (χ2n) is 5.33. The molecule has 2 saturated carbocycles. The van der Waals surface area contributed by atoms with E-state index in [9.17, 15) is 14.3 Å². The van der Waals surface area contributed by atoms with E-state index < -0.39 is 12.3 Å². The Morgan fingerprint density at radius 3 is 2.31 bits per heavy atom. The Balaban J connectivity index is 1.89. The summed E-state index contributed by atoms with van der Waals surface area (Å²) in [6, 6.07) is 0. The van der Waals surface area contributed by atoms with Crippen LogP contribution < -0.4 is 0 Å². The van der Waals surface area contributed by atoms with Gasteiger partial charge in [0.15, 0.2) is 0 Å². The molecule has 0 bridgehead atoms. The van der Waals surface area contributed by atoms with Crippen molar-refractivity contribution in [2.45, 2.75) is 63.6 Å². The molecule has 3 unspecified atom stereocenters. The first-order chi connectivity index (χ1) is 7.68. The fraction of sp³-hybridized carbons (Fsp3) is 0.923. The third-order valence-corrected chi connectivity index (χ3v) is 4.15. The Kier molecular flexibility index (Phi) is 3.95. The van der Waals surface area contributed by atoms with Crippen molar-refractivity contribution < 1.29 is 14.3 Å². The Morgan fingerprint density at radius 1 is 1.00 bits per heavy atom. The Bertz CT molecular complexity index is 248. The normalized spacial score (nSPS) is 37.2. The number of Topliss-reactive ketones (excluding diaryl/α,β-unsaturated/α-hetero) is 1. The summed E-state index contributed by atoms with van der Waals surface area (Å²) in [6.45, 7) is 0. The zero-order chi connectivity index (χ0) is 11.5. The fourth-order valence-electron chi connectivity index (χ4n) is 3.08. The van der Waals surface area contributed by atoms with E-state index in [-0.39, 0.29) is 24.0 Å². The van der Waals surface area contributed by atoms with Crippen molar-refractivity contribution in [1.82, 2.24) is 0 Å². The van der Waals surface area contributed by atoms with Gasteiger partial charge in [-0.15, -0.1) is 0 Å². The van der Waals surface area contributed by atoms with Crippen molar-refractivity contribution in [2.24, 2.45) is 11.8 Å². The quantitative estimate of drug-likeness (QED) is 0.789. The molecule has 0 saturated heterocycles. The Hall–Kier alpha value is -0.440. The molecule has 16 heavy (non-hydrogen) atoms. The molecule has 2 aliphatic rings. The van der Waals surface area contributed by atoms with Crippen LogP contribution in [0.15, 0.2) is 0 Å². The summed E-state index contributed by atoms with van der Waals surface area (Å²) in [5.74, 6) is 0.331. The van der Waals surface area contributed by atoms with Crippen LogP contribution in [0.4, 0.5) is 4.39 Å². The molecular weight excluding hydrogens is 207 g/mol. The Morgan fingerprint density at radius 2 is 1.69 bits per heavy atom. The highest BCUT2D eigenvalue weighted by Gasteiger charge is 2.35. The minimum atomic E-state index is -1.19. The van der Waals surface area contributed by atoms with Crippen LogP contribution in [-0.2, 0) is 4.79 Å². The molecule has 3 heteroatoms. The van der Waals surface area contributed by atoms with Crippen LogP contribution >= 0.6 is 0 Å². The largest absolute Gasteiger partial charge is 0.390 e. The van der Waals surface area contributed by atoms with E-state index in [0.29, 0.717) is 12.8 Å². The molecule has 0 aromatic carbocycles. The standard InChI is InChI=1S/C13H21FO2/c14-11-8-10(6-7-12(11)15)13(16)9-4-2-1-3-5-9/h9-12,15H,1-8H2. The number of carbonyl (C=O) groups is 1. The van der Waals surface area contributed by atoms with Crippen molar-refractivity contribution in [3.63, 3.8) is 0 Å². The monoisotopic (exact) mass is 228 g/mol. The summed E-state index contributed by atoms with van der Waals surface area (Å²) < 4.78 is 13.4. The molecule has 0 aromatic heterocycles. The van der Waals surface area contributed by atoms with Crippen LogP contribution in [0.25, 0.3) is 0 Å². The SMILES string of the molecule is O=C(C1CCCCC1)C1CCC(O)C(F)C1. The first kappa shape index (κ1) is 12.0. The van der Waals surface area contributed by atoms with Gasteiger partial charge in [0.1, 0.15) is 12.0 Å². The van der Waals surface area contributed by atoms with E-state index in [2.05, 4.69) is 0 Å². The summed E-state index contributed by atoms with van der Waals surface area (Å²) in [5.41, 5.74) is 0. The van der Waals surface area contributed by atoms with Gasteiger partial charge in [-0.05, 0) is 32.1 Å². The van der Waals surface area contributed by atoms with Crippen LogP contribution in [0.5, 0.6) is 0 Å². The average Bonchev–Trinajstić information content (AvgIpc) is 2.33. The van der Waals surface area contributed by atoms with Gasteiger partial charge in [0.25, 0.3) is 0 Å². The van der Waals surface area contributed by atoms with Gasteiger partial charge in [0.05, 0.1) is 6.10 Å². The van der Waals surface area contributed by atoms with Gasteiger partial charge >= 0.3 is 0 Å². The van der Waals surface area contributed by atoms with E-state index in [4.69, 9.17) is 0 Å². The van der Waals surface area contributed by atoms with E-state index in [1.54, 1.807) is 0 Å². The molecule has 2 rings (SSSR count). The van der Waals surface area contributed by atoms with E-state index in [1.807, 2.05) is 0 Å². The molecule has 3 atom stereocenters. The molecule has 0 amide bonds. The Labute approximate surface area is 96.2 Å². The van der Waals surface area contributed by atoms with Crippen molar-refractivity contribution in [1.29, 1.82) is 0 Å². The third kappa shape index (κ3) is 2.62. The maximum atomic E-state index is 13.4. The summed E-state index contributed by atoms with van der Waals surface area (Å²) >= 11 is 0. The van der Waals surface area contributed by atoms with Crippen LogP contribution in [-0.4, -0.2) is 23.2 Å². The maximum Gasteiger partial charge on any atom is 0.139 e. The number of aliphatic hydroxyl groups excluding tert-OH is 1. The number of aliphatic hydroxyl groups is 1. The molecule has 92 valence electrons. The van der Waals surface area contributed by atoms with Gasteiger partial charge in [-0.25, -0.2) is 4.39 Å². The lowest BCUT2D eigenvalue weighted by atomic mass is 9.75. The van der Waals surface area contributed by atoms with E-state index >= 15 is 0 Å². The summed E-state index contributed by atoms with van der Waals surface area (Å²) in [4.78, 5) is 12.2. The first-order valence-electron chi connectivity index (χ1n) is 6.54. The van der Waals surface area contributed by atoms with Crippen molar-refractivity contribution >= 4 is 5.78 Å². The highest BCUT2D eigenvalue weighted by molar-refractivity contribution is 5.83. The fourth-order valence-corrected chi connectivity index (χ4v) is 3.08. The van der Waals surface area contributed by atoms with Crippen molar-refractivity contribution in [3.8, 4) is 0 Å². The zero-order valence-corrected chi connectivity index (χ0v) is 9.70. The predicted octanol–water partition coefficient (Wildman–Crippen LogP) is 2.63. The lowest BCUT2D eigenvalue weighted by molar-refractivity contribution is -0.130. The smallest absolute Gasteiger partial charge is 0.139 e. The number of alkyl halides is 1. The summed E-state index contributed by atoms with van der Waals surface area (Å²) in [5, 5.41) is 9.30. The number of ketones is 1. The van der Waals surface area contributed by atoms with Gasteiger partial charge in [0.2, 0.25) is 0 Å². The molecule has 2 fully saturated rings. The number of hydrogen-bond acceptors (Lipinski definition) is 2. The molecule has 2 nitrogen and oxygen atoms in total. The zero-order valence-electron chi connectivity index (χ0n) is 9.70. The molecule has 0 spiro atoms. The molecule has 2 aliphatic carbocycles. The van der Waals surface area contributed by atoms with Crippen molar-refractivity contribution in [3.05, 3.63) is 0 Å². The second kappa shape index (κ2) is 5.26. The number of hydrogen-bond donors (Lipinski definition) is 1. The second-order valence-corrected chi connectivity index (χ2v) is 5.33. The minimum absolute atomic E-state index is 0.124. The maximum absolute atomic E-state index is 13.4. The lowest BCUT2D eigenvalue weighted by Gasteiger charge is -2.31. The number of halogens is 1. The van der Waals surface area contributed by atoms with Crippen molar-refractivity contribution in [2.75, 3.05) is 0 Å². The topological polar surface area (TPSA) is 37.3 Å². The summed E-state index contributed by atoms with van der Waals surface area (Å²) in [6.07, 6.45) is 4.86. The van der Waals surface area contributed by atoms with Crippen LogP contribution in [0.2, 0.25) is 0 Å². The van der Waals surface area contributed by atoms with Gasteiger partial charge in [-0.1, -0.05) is 19.3 Å². The number of carbonyl (C=O) groups excluding carboxylic acids is 1. The van der Waals surface area contributed by atoms with Crippen LogP contribution in [0, 0.1) is 11.8 Å². The van der Waals surface area contributed by atoms with E-state index in [0.717, 1.165) is 25.7 Å². The lowest BCUT2D eigenvalue weighted by Crippen LogP contribution is -2.36. The third-order valence-electron chi connectivity index (χ3n) is 4.15. The summed E-state index contributed by atoms with van der Waals surface area (Å²) in [7, 11) is 0.